The van der Waals surface area contributed by atoms with Gasteiger partial charge in [-0.2, -0.15) is 0 Å². The van der Waals surface area contributed by atoms with Crippen molar-refractivity contribution in [2.75, 3.05) is 7.05 Å². The van der Waals surface area contributed by atoms with Crippen LogP contribution in [0, 0.1) is 0 Å². The van der Waals surface area contributed by atoms with E-state index in [1.54, 1.807) is 24.3 Å². The van der Waals surface area contributed by atoms with E-state index < -0.39 is 0 Å². The van der Waals surface area contributed by atoms with Gasteiger partial charge in [-0.15, -0.1) is 0 Å². The maximum atomic E-state index is 12.8. The largest absolute Gasteiger partial charge is 0.488 e. The molecule has 0 spiro atoms. The second-order valence-electron chi connectivity index (χ2n) is 5.66. The number of ether oxygens (including phenoxy) is 1. The highest BCUT2D eigenvalue weighted by atomic mass is 79.9. The summed E-state index contributed by atoms with van der Waals surface area (Å²) in [6, 6.07) is 18.8. The molecule has 2 aromatic carbocycles. The van der Waals surface area contributed by atoms with E-state index in [4.69, 9.17) is 9.15 Å². The number of para-hydroxylation sites is 1. The van der Waals surface area contributed by atoms with Crippen LogP contribution in [0.25, 0.3) is 0 Å². The average Bonchev–Trinajstić information content (AvgIpc) is 3.12. The zero-order valence-electron chi connectivity index (χ0n) is 13.8. The highest BCUT2D eigenvalue weighted by Crippen LogP contribution is 2.22. The first-order valence-electron chi connectivity index (χ1n) is 7.87. The Balaban J connectivity index is 1.72. The first-order chi connectivity index (χ1) is 12.1. The Hall–Kier alpha value is -2.53. The second kappa shape index (κ2) is 8.03. The van der Waals surface area contributed by atoms with Gasteiger partial charge in [0.1, 0.15) is 18.1 Å². The van der Waals surface area contributed by atoms with Crippen molar-refractivity contribution in [1.29, 1.82) is 0 Å². The first kappa shape index (κ1) is 17.3. The quantitative estimate of drug-likeness (QED) is 0.592. The van der Waals surface area contributed by atoms with E-state index in [-0.39, 0.29) is 5.91 Å². The summed E-state index contributed by atoms with van der Waals surface area (Å²) in [5.74, 6) is 1.20. The topological polar surface area (TPSA) is 42.7 Å². The molecule has 0 aliphatic rings. The van der Waals surface area contributed by atoms with Gasteiger partial charge in [-0.25, -0.2) is 0 Å². The van der Waals surface area contributed by atoms with Crippen molar-refractivity contribution in [3.8, 4) is 5.75 Å². The van der Waals surface area contributed by atoms with Crippen molar-refractivity contribution in [1.82, 2.24) is 4.90 Å². The summed E-state index contributed by atoms with van der Waals surface area (Å²) >= 11 is 3.45. The van der Waals surface area contributed by atoms with Crippen molar-refractivity contribution in [2.24, 2.45) is 0 Å². The number of furan rings is 1. The maximum absolute atomic E-state index is 12.8. The molecule has 1 amide bonds. The number of carbonyl (C=O) groups excluding carboxylic acids is 1. The number of hydrogen-bond donors (Lipinski definition) is 0. The molecule has 0 radical (unpaired) electrons. The SMILES string of the molecule is CN(Cc1ccco1)C(=O)c1ccccc1OCc1cccc(Br)c1. The molecule has 4 nitrogen and oxygen atoms in total. The standard InChI is InChI=1S/C20H18BrNO3/c1-22(13-17-8-5-11-24-17)20(23)18-9-2-3-10-19(18)25-14-15-6-4-7-16(21)12-15/h2-12H,13-14H2,1H3. The lowest BCUT2D eigenvalue weighted by Gasteiger charge is -2.18. The van der Waals surface area contributed by atoms with Gasteiger partial charge in [0.2, 0.25) is 0 Å². The van der Waals surface area contributed by atoms with Crippen LogP contribution in [0.3, 0.4) is 0 Å². The lowest BCUT2D eigenvalue weighted by molar-refractivity contribution is 0.0770. The molecule has 0 aliphatic carbocycles. The molecule has 0 N–H and O–H groups in total. The highest BCUT2D eigenvalue weighted by molar-refractivity contribution is 9.10. The number of amides is 1. The van der Waals surface area contributed by atoms with E-state index in [9.17, 15) is 4.79 Å². The third kappa shape index (κ3) is 4.51. The molecule has 25 heavy (non-hydrogen) atoms. The van der Waals surface area contributed by atoms with E-state index in [1.807, 2.05) is 54.6 Å². The summed E-state index contributed by atoms with van der Waals surface area (Å²) in [6.45, 7) is 0.803. The minimum Gasteiger partial charge on any atom is -0.488 e. The summed E-state index contributed by atoms with van der Waals surface area (Å²) in [5.41, 5.74) is 1.56. The van der Waals surface area contributed by atoms with Crippen LogP contribution < -0.4 is 4.74 Å². The molecule has 0 atom stereocenters. The third-order valence-corrected chi connectivity index (χ3v) is 4.21. The smallest absolute Gasteiger partial charge is 0.257 e. The van der Waals surface area contributed by atoms with Gasteiger partial charge in [0.25, 0.3) is 5.91 Å². The lowest BCUT2D eigenvalue weighted by atomic mass is 10.1. The van der Waals surface area contributed by atoms with Crippen molar-refractivity contribution in [2.45, 2.75) is 13.2 Å². The summed E-state index contributed by atoms with van der Waals surface area (Å²) in [5, 5.41) is 0. The van der Waals surface area contributed by atoms with Gasteiger partial charge in [-0.05, 0) is 42.0 Å². The number of benzene rings is 2. The minimum absolute atomic E-state index is 0.110. The third-order valence-electron chi connectivity index (χ3n) is 3.72. The molecule has 3 aromatic rings. The molecule has 5 heteroatoms. The van der Waals surface area contributed by atoms with E-state index in [1.165, 1.54) is 0 Å². The van der Waals surface area contributed by atoms with Crippen LogP contribution in [-0.4, -0.2) is 17.9 Å². The monoisotopic (exact) mass is 399 g/mol. The molecule has 1 aromatic heterocycles. The number of hydrogen-bond acceptors (Lipinski definition) is 3. The maximum Gasteiger partial charge on any atom is 0.257 e. The van der Waals surface area contributed by atoms with E-state index in [2.05, 4.69) is 15.9 Å². The minimum atomic E-state index is -0.110. The van der Waals surface area contributed by atoms with Crippen molar-refractivity contribution in [3.05, 3.63) is 88.3 Å². The van der Waals surface area contributed by atoms with Crippen LogP contribution in [0.4, 0.5) is 0 Å². The molecule has 0 saturated carbocycles. The number of carbonyl (C=O) groups is 1. The Morgan fingerprint density at radius 1 is 1.12 bits per heavy atom. The molecule has 0 saturated heterocycles. The number of nitrogens with zero attached hydrogens (tertiary/aromatic N) is 1. The number of halogens is 1. The molecular formula is C20H18BrNO3. The predicted molar refractivity (Wildman–Crippen MR) is 99.4 cm³/mol. The van der Waals surface area contributed by atoms with Gasteiger partial charge in [0, 0.05) is 11.5 Å². The Bertz CT molecular complexity index is 846. The fourth-order valence-electron chi connectivity index (χ4n) is 2.47. The summed E-state index contributed by atoms with van der Waals surface area (Å²) in [7, 11) is 1.75. The second-order valence-corrected chi connectivity index (χ2v) is 6.57. The van der Waals surface area contributed by atoms with Crippen molar-refractivity contribution >= 4 is 21.8 Å². The van der Waals surface area contributed by atoms with Crippen molar-refractivity contribution < 1.29 is 13.9 Å². The highest BCUT2D eigenvalue weighted by Gasteiger charge is 2.17. The fraction of sp³-hybridized carbons (Fsp3) is 0.150. The Morgan fingerprint density at radius 3 is 2.72 bits per heavy atom. The van der Waals surface area contributed by atoms with Crippen LogP contribution in [0.2, 0.25) is 0 Å². The Labute approximate surface area is 155 Å². The van der Waals surface area contributed by atoms with E-state index >= 15 is 0 Å². The summed E-state index contributed by atoms with van der Waals surface area (Å²) < 4.78 is 12.2. The van der Waals surface area contributed by atoms with Crippen LogP contribution in [0.1, 0.15) is 21.7 Å². The molecule has 0 unspecified atom stereocenters. The molecule has 128 valence electrons. The van der Waals surface area contributed by atoms with Crippen LogP contribution >= 0.6 is 15.9 Å². The molecule has 0 fully saturated rings. The zero-order valence-corrected chi connectivity index (χ0v) is 15.4. The van der Waals surface area contributed by atoms with Crippen LogP contribution in [0.5, 0.6) is 5.75 Å². The van der Waals surface area contributed by atoms with Gasteiger partial charge in [-0.3, -0.25) is 4.79 Å². The first-order valence-corrected chi connectivity index (χ1v) is 8.67. The molecule has 0 bridgehead atoms. The van der Waals surface area contributed by atoms with E-state index in [0.717, 1.165) is 15.8 Å². The predicted octanol–water partition coefficient (Wildman–Crippen LogP) is 4.89. The van der Waals surface area contributed by atoms with E-state index in [0.29, 0.717) is 24.5 Å². The molecular weight excluding hydrogens is 382 g/mol. The van der Waals surface area contributed by atoms with Gasteiger partial charge < -0.3 is 14.1 Å². The van der Waals surface area contributed by atoms with Gasteiger partial charge in [-0.1, -0.05) is 40.2 Å². The average molecular weight is 400 g/mol. The van der Waals surface area contributed by atoms with Gasteiger partial charge in [0.15, 0.2) is 0 Å². The van der Waals surface area contributed by atoms with Crippen LogP contribution in [-0.2, 0) is 13.2 Å². The molecule has 0 aliphatic heterocycles. The van der Waals surface area contributed by atoms with Crippen molar-refractivity contribution in [3.63, 3.8) is 0 Å². The zero-order chi connectivity index (χ0) is 17.6. The summed E-state index contributed by atoms with van der Waals surface area (Å²) in [4.78, 5) is 14.4. The van der Waals surface area contributed by atoms with Crippen LogP contribution in [0.15, 0.2) is 75.8 Å². The molecule has 1 heterocycles. The number of rotatable bonds is 6. The van der Waals surface area contributed by atoms with Gasteiger partial charge >= 0.3 is 0 Å². The lowest BCUT2D eigenvalue weighted by Crippen LogP contribution is -2.26. The van der Waals surface area contributed by atoms with Gasteiger partial charge in [0.05, 0.1) is 18.4 Å². The fourth-order valence-corrected chi connectivity index (χ4v) is 2.92. The normalized spacial score (nSPS) is 10.5. The molecule has 3 rings (SSSR count). The summed E-state index contributed by atoms with van der Waals surface area (Å²) in [6.07, 6.45) is 1.60. The Kier molecular flexibility index (Phi) is 5.56. The Morgan fingerprint density at radius 2 is 1.96 bits per heavy atom.